The Morgan fingerprint density at radius 2 is 1.81 bits per heavy atom. The lowest BCUT2D eigenvalue weighted by atomic mass is 10.0. The van der Waals surface area contributed by atoms with Crippen LogP contribution in [0.4, 0.5) is 28.2 Å². The number of likely N-dealkylation sites (N-methyl/N-ethyl adjacent to an activating group) is 1. The second-order valence-electron chi connectivity index (χ2n) is 7.63. The van der Waals surface area contributed by atoms with Gasteiger partial charge in [0.25, 0.3) is 0 Å². The minimum Gasteiger partial charge on any atom is -0.333 e. The number of benzene rings is 2. The molecule has 1 aromatic heterocycles. The monoisotopic (exact) mass is 447 g/mol. The molecule has 32 heavy (non-hydrogen) atoms. The minimum atomic E-state index is -4.53. The van der Waals surface area contributed by atoms with Crippen LogP contribution in [0.3, 0.4) is 0 Å². The zero-order valence-electron chi connectivity index (χ0n) is 17.1. The summed E-state index contributed by atoms with van der Waals surface area (Å²) >= 11 is 0. The van der Waals surface area contributed by atoms with Crippen molar-refractivity contribution in [2.24, 2.45) is 0 Å². The topological polar surface area (TPSA) is 62.2 Å². The zero-order valence-corrected chi connectivity index (χ0v) is 17.1. The largest absolute Gasteiger partial charge is 0.418 e. The minimum absolute atomic E-state index is 0.115. The van der Waals surface area contributed by atoms with Gasteiger partial charge in [-0.1, -0.05) is 24.3 Å². The van der Waals surface area contributed by atoms with Crippen molar-refractivity contribution in [3.8, 4) is 5.69 Å². The van der Waals surface area contributed by atoms with Crippen LogP contribution in [0.1, 0.15) is 23.6 Å². The van der Waals surface area contributed by atoms with Gasteiger partial charge in [0.05, 0.1) is 23.3 Å². The lowest BCUT2D eigenvalue weighted by molar-refractivity contribution is -0.137. The van der Waals surface area contributed by atoms with Crippen molar-refractivity contribution in [3.05, 3.63) is 77.7 Å². The molecule has 0 aliphatic carbocycles. The van der Waals surface area contributed by atoms with E-state index >= 15 is 0 Å². The molecule has 0 saturated carbocycles. The number of amides is 2. The Morgan fingerprint density at radius 3 is 2.53 bits per heavy atom. The quantitative estimate of drug-likeness (QED) is 0.575. The number of alkyl halides is 3. The van der Waals surface area contributed by atoms with Crippen molar-refractivity contribution in [3.63, 3.8) is 0 Å². The van der Waals surface area contributed by atoms with Crippen molar-refractivity contribution in [2.45, 2.75) is 24.7 Å². The summed E-state index contributed by atoms with van der Waals surface area (Å²) in [5, 5.41) is 9.53. The molecule has 2 aromatic carbocycles. The third-order valence-electron chi connectivity index (χ3n) is 5.46. The number of hydrogen-bond donors (Lipinski definition) is 2. The molecule has 2 amide bonds. The van der Waals surface area contributed by atoms with Crippen LogP contribution in [0.5, 0.6) is 0 Å². The van der Waals surface area contributed by atoms with Gasteiger partial charge < -0.3 is 5.32 Å². The molecule has 168 valence electrons. The zero-order chi connectivity index (χ0) is 22.9. The molecule has 0 bridgehead atoms. The van der Waals surface area contributed by atoms with E-state index in [9.17, 15) is 22.4 Å². The third-order valence-corrected chi connectivity index (χ3v) is 5.46. The summed E-state index contributed by atoms with van der Waals surface area (Å²) in [6, 6.07) is 11.8. The molecule has 4 rings (SSSR count). The van der Waals surface area contributed by atoms with Gasteiger partial charge in [0.15, 0.2) is 5.82 Å². The van der Waals surface area contributed by atoms with Crippen molar-refractivity contribution in [1.82, 2.24) is 20.0 Å². The number of aromatic nitrogens is 2. The molecule has 10 heteroatoms. The Balaban J connectivity index is 1.46. The van der Waals surface area contributed by atoms with E-state index in [1.54, 1.807) is 12.1 Å². The van der Waals surface area contributed by atoms with Gasteiger partial charge in [0.2, 0.25) is 0 Å². The van der Waals surface area contributed by atoms with Crippen LogP contribution < -0.4 is 10.6 Å². The molecule has 1 aliphatic rings. The number of rotatable bonds is 4. The first-order valence-electron chi connectivity index (χ1n) is 9.98. The fourth-order valence-electron chi connectivity index (χ4n) is 4.00. The highest BCUT2D eigenvalue weighted by Crippen LogP contribution is 2.34. The molecule has 1 saturated heterocycles. The van der Waals surface area contributed by atoms with Crippen LogP contribution in [-0.4, -0.2) is 40.3 Å². The summed E-state index contributed by atoms with van der Waals surface area (Å²) in [6.45, 7) is 0.746. The molecule has 2 heterocycles. The van der Waals surface area contributed by atoms with Gasteiger partial charge in [-0.3, -0.25) is 10.2 Å². The Morgan fingerprint density at radius 1 is 1.09 bits per heavy atom. The molecule has 1 aliphatic heterocycles. The fourth-order valence-corrected chi connectivity index (χ4v) is 4.00. The fraction of sp³-hybridized carbons (Fsp3) is 0.273. The molecular weight excluding hydrogens is 426 g/mol. The number of urea groups is 1. The Bertz CT molecular complexity index is 1100. The maximum absolute atomic E-state index is 13.3. The van der Waals surface area contributed by atoms with Gasteiger partial charge in [0.1, 0.15) is 5.82 Å². The van der Waals surface area contributed by atoms with Crippen LogP contribution in [0.15, 0.2) is 60.8 Å². The first kappa shape index (κ1) is 21.8. The average Bonchev–Trinajstić information content (AvgIpc) is 3.35. The molecule has 3 aromatic rings. The highest BCUT2D eigenvalue weighted by Gasteiger charge is 2.35. The summed E-state index contributed by atoms with van der Waals surface area (Å²) in [5.74, 6) is -0.219. The highest BCUT2D eigenvalue weighted by atomic mass is 19.4. The van der Waals surface area contributed by atoms with Gasteiger partial charge in [-0.05, 0) is 43.3 Å². The van der Waals surface area contributed by atoms with E-state index in [1.807, 2.05) is 7.05 Å². The smallest absolute Gasteiger partial charge is 0.333 e. The number of hydrogen-bond acceptors (Lipinski definition) is 3. The number of nitrogens with zero attached hydrogens (tertiary/aromatic N) is 3. The van der Waals surface area contributed by atoms with Crippen LogP contribution >= 0.6 is 0 Å². The standard InChI is InChI=1S/C22H21F4N5O/c1-30-12-10-17(20(30)14-6-8-15(23)9-7-14)27-21(32)28-19-11-13-31(29-19)18-5-3-2-4-16(18)22(24,25)26/h2-9,11,13,17,20H,10,12H2,1H3,(H2,27,28,29,32)/t17-,20+/m1/s1. The van der Waals surface area contributed by atoms with Gasteiger partial charge in [0, 0.05) is 18.8 Å². The van der Waals surface area contributed by atoms with Crippen molar-refractivity contribution < 1.29 is 22.4 Å². The summed E-state index contributed by atoms with van der Waals surface area (Å²) < 4.78 is 54.1. The first-order chi connectivity index (χ1) is 15.2. The van der Waals surface area contributed by atoms with Crippen molar-refractivity contribution >= 4 is 11.8 Å². The molecular formula is C22H21F4N5O. The van der Waals surface area contributed by atoms with Crippen LogP contribution in [0.25, 0.3) is 5.69 Å². The van der Waals surface area contributed by atoms with E-state index in [4.69, 9.17) is 0 Å². The highest BCUT2D eigenvalue weighted by molar-refractivity contribution is 5.88. The van der Waals surface area contributed by atoms with E-state index in [0.717, 1.165) is 22.9 Å². The molecule has 2 N–H and O–H groups in total. The predicted molar refractivity (Wildman–Crippen MR) is 111 cm³/mol. The summed E-state index contributed by atoms with van der Waals surface area (Å²) in [7, 11) is 1.92. The molecule has 0 unspecified atom stereocenters. The number of para-hydroxylation sites is 1. The Kier molecular flexibility index (Phi) is 5.88. The lowest BCUT2D eigenvalue weighted by Gasteiger charge is -2.26. The van der Waals surface area contributed by atoms with Crippen molar-refractivity contribution in [2.75, 3.05) is 18.9 Å². The Labute approximate surface area is 181 Å². The number of carbonyl (C=O) groups is 1. The number of nitrogens with one attached hydrogen (secondary N) is 2. The molecule has 2 atom stereocenters. The lowest BCUT2D eigenvalue weighted by Crippen LogP contribution is -2.41. The van der Waals surface area contributed by atoms with Crippen LogP contribution in [0, 0.1) is 5.82 Å². The molecule has 6 nitrogen and oxygen atoms in total. The van der Waals surface area contributed by atoms with Crippen LogP contribution in [0.2, 0.25) is 0 Å². The van der Waals surface area contributed by atoms with E-state index in [1.165, 1.54) is 42.6 Å². The Hall–Kier alpha value is -3.40. The van der Waals surface area contributed by atoms with Gasteiger partial charge in [-0.2, -0.15) is 13.2 Å². The number of anilines is 1. The molecule has 1 fully saturated rings. The van der Waals surface area contributed by atoms with Gasteiger partial charge in [-0.15, -0.1) is 5.10 Å². The third kappa shape index (κ3) is 4.59. The maximum atomic E-state index is 13.3. The summed E-state index contributed by atoms with van der Waals surface area (Å²) in [5.41, 5.74) is -0.0813. The first-order valence-corrected chi connectivity index (χ1v) is 9.98. The van der Waals surface area contributed by atoms with E-state index in [0.29, 0.717) is 6.42 Å². The van der Waals surface area contributed by atoms with E-state index < -0.39 is 17.8 Å². The average molecular weight is 447 g/mol. The SMILES string of the molecule is CN1CC[C@@H](NC(=O)Nc2ccn(-c3ccccc3C(F)(F)F)n2)[C@@H]1c1ccc(F)cc1. The summed E-state index contributed by atoms with van der Waals surface area (Å²) in [4.78, 5) is 14.6. The maximum Gasteiger partial charge on any atom is 0.418 e. The van der Waals surface area contributed by atoms with E-state index in [2.05, 4.69) is 20.6 Å². The second-order valence-corrected chi connectivity index (χ2v) is 7.63. The molecule has 0 radical (unpaired) electrons. The van der Waals surface area contributed by atoms with Gasteiger partial charge >= 0.3 is 12.2 Å². The number of carbonyl (C=O) groups excluding carboxylic acids is 1. The van der Waals surface area contributed by atoms with Crippen LogP contribution in [-0.2, 0) is 6.18 Å². The van der Waals surface area contributed by atoms with Gasteiger partial charge in [-0.25, -0.2) is 13.9 Å². The normalized spacial score (nSPS) is 19.2. The van der Waals surface area contributed by atoms with E-state index in [-0.39, 0.29) is 29.4 Å². The molecule has 0 spiro atoms. The van der Waals surface area contributed by atoms with Crippen molar-refractivity contribution in [1.29, 1.82) is 0 Å². The summed E-state index contributed by atoms with van der Waals surface area (Å²) in [6.07, 6.45) is -2.48. The predicted octanol–water partition coefficient (Wildman–Crippen LogP) is 4.60. The number of likely N-dealkylation sites (tertiary alicyclic amines) is 1. The number of halogens is 4. The second kappa shape index (κ2) is 8.62.